The van der Waals surface area contributed by atoms with Crippen LogP contribution < -0.4 is 5.73 Å². The summed E-state index contributed by atoms with van der Waals surface area (Å²) in [5.41, 5.74) is 6.48. The number of aliphatic hydroxyl groups is 1. The molecule has 1 aliphatic carbocycles. The van der Waals surface area contributed by atoms with Crippen molar-refractivity contribution in [2.45, 2.75) is 44.2 Å². The van der Waals surface area contributed by atoms with E-state index in [4.69, 9.17) is 5.73 Å². The Morgan fingerprint density at radius 2 is 1.89 bits per heavy atom. The van der Waals surface area contributed by atoms with Crippen LogP contribution >= 0.6 is 35.0 Å². The SMILES string of the molecule is Cl.N[C@@H](c1cc(I)ccc1F)[C@H](O)C1CCCCC1. The number of rotatable bonds is 3. The smallest absolute Gasteiger partial charge is 0.128 e. The molecule has 1 aromatic carbocycles. The predicted molar refractivity (Wildman–Crippen MR) is 85.9 cm³/mol. The molecular formula is C14H20ClFINO. The average molecular weight is 400 g/mol. The van der Waals surface area contributed by atoms with Gasteiger partial charge in [0.05, 0.1) is 12.1 Å². The van der Waals surface area contributed by atoms with Crippen molar-refractivity contribution in [3.63, 3.8) is 0 Å². The van der Waals surface area contributed by atoms with Crippen molar-refractivity contribution in [2.24, 2.45) is 11.7 Å². The monoisotopic (exact) mass is 399 g/mol. The van der Waals surface area contributed by atoms with Crippen molar-refractivity contribution < 1.29 is 9.50 Å². The van der Waals surface area contributed by atoms with E-state index in [1.807, 2.05) is 0 Å². The van der Waals surface area contributed by atoms with E-state index in [0.29, 0.717) is 5.56 Å². The van der Waals surface area contributed by atoms with Gasteiger partial charge in [-0.25, -0.2) is 4.39 Å². The summed E-state index contributed by atoms with van der Waals surface area (Å²) in [5, 5.41) is 10.3. The van der Waals surface area contributed by atoms with Gasteiger partial charge in [0.15, 0.2) is 0 Å². The maximum atomic E-state index is 13.8. The number of hydrogen-bond acceptors (Lipinski definition) is 2. The molecule has 0 aliphatic heterocycles. The molecule has 108 valence electrons. The minimum atomic E-state index is -0.641. The fourth-order valence-corrected chi connectivity index (χ4v) is 3.24. The molecule has 0 unspecified atom stereocenters. The van der Waals surface area contributed by atoms with Crippen molar-refractivity contribution in [1.82, 2.24) is 0 Å². The average Bonchev–Trinajstić information content (AvgIpc) is 2.41. The molecule has 0 spiro atoms. The summed E-state index contributed by atoms with van der Waals surface area (Å²) in [4.78, 5) is 0. The lowest BCUT2D eigenvalue weighted by molar-refractivity contribution is 0.0607. The number of halogens is 3. The number of aliphatic hydroxyl groups excluding tert-OH is 1. The van der Waals surface area contributed by atoms with Crippen molar-refractivity contribution >= 4 is 35.0 Å². The summed E-state index contributed by atoms with van der Waals surface area (Å²) < 4.78 is 14.7. The van der Waals surface area contributed by atoms with E-state index in [2.05, 4.69) is 22.6 Å². The first-order valence-electron chi connectivity index (χ1n) is 6.48. The topological polar surface area (TPSA) is 46.2 Å². The fourth-order valence-electron chi connectivity index (χ4n) is 2.72. The second kappa shape index (κ2) is 7.76. The fraction of sp³-hybridized carbons (Fsp3) is 0.571. The summed E-state index contributed by atoms with van der Waals surface area (Å²) in [6, 6.07) is 4.24. The third-order valence-corrected chi connectivity index (χ3v) is 4.49. The highest BCUT2D eigenvalue weighted by Gasteiger charge is 2.29. The van der Waals surface area contributed by atoms with E-state index in [0.717, 1.165) is 29.3 Å². The lowest BCUT2D eigenvalue weighted by Crippen LogP contribution is -2.34. The molecule has 0 amide bonds. The van der Waals surface area contributed by atoms with Crippen LogP contribution in [0.25, 0.3) is 0 Å². The quantitative estimate of drug-likeness (QED) is 0.760. The highest BCUT2D eigenvalue weighted by Crippen LogP contribution is 2.32. The van der Waals surface area contributed by atoms with Crippen LogP contribution in [0.1, 0.15) is 43.7 Å². The molecule has 5 heteroatoms. The lowest BCUT2D eigenvalue weighted by atomic mass is 9.81. The van der Waals surface area contributed by atoms with Crippen LogP contribution in [0, 0.1) is 15.3 Å². The lowest BCUT2D eigenvalue weighted by Gasteiger charge is -2.30. The van der Waals surface area contributed by atoms with Gasteiger partial charge in [-0.1, -0.05) is 19.3 Å². The number of nitrogens with two attached hydrogens (primary N) is 1. The molecule has 0 saturated heterocycles. The third kappa shape index (κ3) is 4.28. The molecule has 2 rings (SSSR count). The van der Waals surface area contributed by atoms with Gasteiger partial charge in [-0.05, 0) is 59.5 Å². The Hall–Kier alpha value is 0.0900. The van der Waals surface area contributed by atoms with E-state index < -0.39 is 12.1 Å². The number of benzene rings is 1. The molecule has 1 aliphatic rings. The Bertz CT molecular complexity index is 412. The van der Waals surface area contributed by atoms with Gasteiger partial charge in [-0.15, -0.1) is 12.4 Å². The molecule has 3 N–H and O–H groups in total. The van der Waals surface area contributed by atoms with Gasteiger partial charge in [-0.2, -0.15) is 0 Å². The molecule has 19 heavy (non-hydrogen) atoms. The summed E-state index contributed by atoms with van der Waals surface area (Å²) >= 11 is 2.13. The Labute approximate surface area is 133 Å². The first kappa shape index (κ1) is 17.1. The highest BCUT2D eigenvalue weighted by atomic mass is 127. The Morgan fingerprint density at radius 3 is 2.53 bits per heavy atom. The minimum absolute atomic E-state index is 0. The van der Waals surface area contributed by atoms with Crippen molar-refractivity contribution in [3.05, 3.63) is 33.1 Å². The van der Waals surface area contributed by atoms with Crippen LogP contribution in [0.4, 0.5) is 4.39 Å². The van der Waals surface area contributed by atoms with Crippen LogP contribution in [0.5, 0.6) is 0 Å². The van der Waals surface area contributed by atoms with Crippen molar-refractivity contribution in [2.75, 3.05) is 0 Å². The van der Waals surface area contributed by atoms with Crippen LogP contribution in [-0.4, -0.2) is 11.2 Å². The summed E-state index contributed by atoms with van der Waals surface area (Å²) in [6.45, 7) is 0. The highest BCUT2D eigenvalue weighted by molar-refractivity contribution is 14.1. The molecule has 1 saturated carbocycles. The second-order valence-electron chi connectivity index (χ2n) is 5.08. The Kier molecular flexibility index (Phi) is 7.00. The van der Waals surface area contributed by atoms with Gasteiger partial charge < -0.3 is 10.8 Å². The molecule has 1 fully saturated rings. The van der Waals surface area contributed by atoms with Crippen molar-refractivity contribution in [1.29, 1.82) is 0 Å². The van der Waals surface area contributed by atoms with E-state index >= 15 is 0 Å². The molecule has 2 nitrogen and oxygen atoms in total. The summed E-state index contributed by atoms with van der Waals surface area (Å²) in [6.07, 6.45) is 4.88. The van der Waals surface area contributed by atoms with Crippen LogP contribution in [0.3, 0.4) is 0 Å². The van der Waals surface area contributed by atoms with Crippen LogP contribution in [-0.2, 0) is 0 Å². The Morgan fingerprint density at radius 1 is 1.26 bits per heavy atom. The van der Waals surface area contributed by atoms with Gasteiger partial charge in [0, 0.05) is 9.13 Å². The van der Waals surface area contributed by atoms with Gasteiger partial charge >= 0.3 is 0 Å². The van der Waals surface area contributed by atoms with Crippen LogP contribution in [0.15, 0.2) is 18.2 Å². The van der Waals surface area contributed by atoms with Gasteiger partial charge in [0.1, 0.15) is 5.82 Å². The molecule has 0 bridgehead atoms. The predicted octanol–water partition coefficient (Wildman–Crippen LogP) is 3.79. The zero-order chi connectivity index (χ0) is 13.1. The second-order valence-corrected chi connectivity index (χ2v) is 6.33. The molecule has 0 aromatic heterocycles. The van der Waals surface area contributed by atoms with Gasteiger partial charge in [0.25, 0.3) is 0 Å². The van der Waals surface area contributed by atoms with Gasteiger partial charge in [-0.3, -0.25) is 0 Å². The zero-order valence-electron chi connectivity index (χ0n) is 10.7. The maximum absolute atomic E-state index is 13.8. The van der Waals surface area contributed by atoms with E-state index in [9.17, 15) is 9.50 Å². The summed E-state index contributed by atoms with van der Waals surface area (Å²) in [5.74, 6) is -0.108. The molecular weight excluding hydrogens is 380 g/mol. The van der Waals surface area contributed by atoms with E-state index in [-0.39, 0.29) is 24.1 Å². The first-order valence-corrected chi connectivity index (χ1v) is 7.56. The van der Waals surface area contributed by atoms with Gasteiger partial charge in [0.2, 0.25) is 0 Å². The summed E-state index contributed by atoms with van der Waals surface area (Å²) in [7, 11) is 0. The maximum Gasteiger partial charge on any atom is 0.128 e. The van der Waals surface area contributed by atoms with Crippen molar-refractivity contribution in [3.8, 4) is 0 Å². The number of hydrogen-bond donors (Lipinski definition) is 2. The largest absolute Gasteiger partial charge is 0.391 e. The normalized spacial score (nSPS) is 19.6. The van der Waals surface area contributed by atoms with Crippen LogP contribution in [0.2, 0.25) is 0 Å². The minimum Gasteiger partial charge on any atom is -0.391 e. The van der Waals surface area contributed by atoms with E-state index in [1.165, 1.54) is 12.5 Å². The molecule has 1 aromatic rings. The Balaban J connectivity index is 0.00000180. The standard InChI is InChI=1S/C14H19FINO.ClH/c15-12-7-6-10(16)8-11(12)13(17)14(18)9-4-2-1-3-5-9;/h6-9,13-14,18H,1-5,17H2;1H/t13-,14+;/m0./s1. The third-order valence-electron chi connectivity index (χ3n) is 3.82. The van der Waals surface area contributed by atoms with E-state index in [1.54, 1.807) is 12.1 Å². The molecule has 0 heterocycles. The zero-order valence-corrected chi connectivity index (χ0v) is 13.7. The molecule has 0 radical (unpaired) electrons. The molecule has 2 atom stereocenters. The first-order chi connectivity index (χ1) is 8.59.